The number of hydrogen-bond donors (Lipinski definition) is 1. The molecular formula is C15H16ClN3OS2. The number of halogens is 1. The summed E-state index contributed by atoms with van der Waals surface area (Å²) in [6.07, 6.45) is 0. The molecule has 4 rings (SSSR count). The minimum absolute atomic E-state index is 0.137. The summed E-state index contributed by atoms with van der Waals surface area (Å²) < 4.78 is 0.746. The molecular weight excluding hydrogens is 338 g/mol. The largest absolute Gasteiger partial charge is 0.337 e. The minimum Gasteiger partial charge on any atom is -0.337 e. The third-order valence-corrected chi connectivity index (χ3v) is 7.00. The first-order chi connectivity index (χ1) is 10.6. The number of thiophene rings is 1. The maximum Gasteiger partial charge on any atom is 0.265 e. The quantitative estimate of drug-likeness (QED) is 0.902. The Hall–Kier alpha value is -0.950. The SMILES string of the molecule is Cc1nc(-c2ccc(Cl)s2)sc1C(=O)N1C[C@H]2CNC[C@H]2C1. The van der Waals surface area contributed by atoms with Crippen molar-refractivity contribution in [2.45, 2.75) is 6.92 Å². The van der Waals surface area contributed by atoms with E-state index in [1.807, 2.05) is 24.0 Å². The van der Waals surface area contributed by atoms with Gasteiger partial charge < -0.3 is 10.2 Å². The van der Waals surface area contributed by atoms with Crippen LogP contribution in [-0.4, -0.2) is 42.0 Å². The van der Waals surface area contributed by atoms with E-state index in [0.717, 1.165) is 51.0 Å². The van der Waals surface area contributed by atoms with Crippen LogP contribution in [0.5, 0.6) is 0 Å². The van der Waals surface area contributed by atoms with E-state index in [-0.39, 0.29) is 5.91 Å². The number of carbonyl (C=O) groups is 1. The smallest absolute Gasteiger partial charge is 0.265 e. The summed E-state index contributed by atoms with van der Waals surface area (Å²) in [6, 6.07) is 3.83. The maximum absolute atomic E-state index is 12.8. The summed E-state index contributed by atoms with van der Waals surface area (Å²) in [7, 11) is 0. The van der Waals surface area contributed by atoms with Crippen molar-refractivity contribution in [2.75, 3.05) is 26.2 Å². The van der Waals surface area contributed by atoms with Crippen molar-refractivity contribution in [3.63, 3.8) is 0 Å². The lowest BCUT2D eigenvalue weighted by Gasteiger charge is -2.16. The Balaban J connectivity index is 1.57. The molecule has 0 aliphatic carbocycles. The van der Waals surface area contributed by atoms with E-state index in [1.54, 1.807) is 0 Å². The minimum atomic E-state index is 0.137. The highest BCUT2D eigenvalue weighted by molar-refractivity contribution is 7.24. The molecule has 0 aromatic carbocycles. The zero-order chi connectivity index (χ0) is 15.3. The van der Waals surface area contributed by atoms with Crippen LogP contribution in [0.2, 0.25) is 4.34 Å². The van der Waals surface area contributed by atoms with E-state index >= 15 is 0 Å². The van der Waals surface area contributed by atoms with Gasteiger partial charge in [-0.15, -0.1) is 22.7 Å². The zero-order valence-electron chi connectivity index (χ0n) is 12.1. The van der Waals surface area contributed by atoms with Crippen molar-refractivity contribution in [3.8, 4) is 9.88 Å². The molecule has 2 aliphatic rings. The molecule has 116 valence electrons. The van der Waals surface area contributed by atoms with E-state index in [2.05, 4.69) is 10.3 Å². The summed E-state index contributed by atoms with van der Waals surface area (Å²) in [5.41, 5.74) is 0.824. The number of aromatic nitrogens is 1. The number of carbonyl (C=O) groups excluding carboxylic acids is 1. The molecule has 0 unspecified atom stereocenters. The molecule has 1 amide bonds. The average molecular weight is 354 g/mol. The van der Waals surface area contributed by atoms with Gasteiger partial charge in [0.05, 0.1) is 14.9 Å². The second kappa shape index (κ2) is 5.60. The first-order valence-corrected chi connectivity index (χ1v) is 9.36. The molecule has 2 saturated heterocycles. The van der Waals surface area contributed by atoms with Crippen LogP contribution in [0.3, 0.4) is 0 Å². The summed E-state index contributed by atoms with van der Waals surface area (Å²) >= 11 is 8.98. The Morgan fingerprint density at radius 3 is 2.68 bits per heavy atom. The fourth-order valence-electron chi connectivity index (χ4n) is 3.29. The first kappa shape index (κ1) is 14.6. The highest BCUT2D eigenvalue weighted by atomic mass is 35.5. The van der Waals surface area contributed by atoms with Crippen molar-refractivity contribution in [1.29, 1.82) is 0 Å². The maximum atomic E-state index is 12.8. The second-order valence-electron chi connectivity index (χ2n) is 5.93. The molecule has 7 heteroatoms. The number of nitrogens with zero attached hydrogens (tertiary/aromatic N) is 2. The van der Waals surface area contributed by atoms with Crippen LogP contribution < -0.4 is 5.32 Å². The van der Waals surface area contributed by atoms with Gasteiger partial charge in [0, 0.05) is 26.2 Å². The van der Waals surface area contributed by atoms with Gasteiger partial charge in [0.2, 0.25) is 0 Å². The van der Waals surface area contributed by atoms with Gasteiger partial charge in [-0.05, 0) is 30.9 Å². The highest BCUT2D eigenvalue weighted by Crippen LogP contribution is 2.36. The van der Waals surface area contributed by atoms with E-state index in [4.69, 9.17) is 11.6 Å². The second-order valence-corrected chi connectivity index (χ2v) is 8.64. The average Bonchev–Trinajstić information content (AvgIpc) is 3.19. The van der Waals surface area contributed by atoms with E-state index in [0.29, 0.717) is 11.8 Å². The molecule has 0 radical (unpaired) electrons. The van der Waals surface area contributed by atoms with Crippen molar-refractivity contribution in [1.82, 2.24) is 15.2 Å². The third kappa shape index (κ3) is 2.48. The molecule has 4 heterocycles. The predicted molar refractivity (Wildman–Crippen MR) is 90.9 cm³/mol. The summed E-state index contributed by atoms with van der Waals surface area (Å²) in [5.74, 6) is 1.37. The van der Waals surface area contributed by atoms with Crippen LogP contribution >= 0.6 is 34.3 Å². The van der Waals surface area contributed by atoms with Gasteiger partial charge in [-0.2, -0.15) is 0 Å². The molecule has 2 aromatic rings. The highest BCUT2D eigenvalue weighted by Gasteiger charge is 2.39. The van der Waals surface area contributed by atoms with Crippen LogP contribution in [-0.2, 0) is 0 Å². The number of fused-ring (bicyclic) bond motifs is 1. The lowest BCUT2D eigenvalue weighted by Crippen LogP contribution is -2.31. The van der Waals surface area contributed by atoms with Gasteiger partial charge in [0.1, 0.15) is 9.88 Å². The van der Waals surface area contributed by atoms with Crippen molar-refractivity contribution >= 4 is 40.2 Å². The zero-order valence-corrected chi connectivity index (χ0v) is 14.5. The Morgan fingerprint density at radius 1 is 1.32 bits per heavy atom. The van der Waals surface area contributed by atoms with Gasteiger partial charge in [-0.1, -0.05) is 11.6 Å². The molecule has 2 aliphatic heterocycles. The van der Waals surface area contributed by atoms with E-state index in [9.17, 15) is 4.79 Å². The third-order valence-electron chi connectivity index (χ3n) is 4.45. The van der Waals surface area contributed by atoms with Crippen LogP contribution in [0.4, 0.5) is 0 Å². The van der Waals surface area contributed by atoms with E-state index in [1.165, 1.54) is 22.7 Å². The molecule has 2 aromatic heterocycles. The Bertz CT molecular complexity index is 714. The molecule has 2 atom stereocenters. The number of thiazole rings is 1. The van der Waals surface area contributed by atoms with Crippen LogP contribution in [0.1, 0.15) is 15.4 Å². The first-order valence-electron chi connectivity index (χ1n) is 7.35. The summed E-state index contributed by atoms with van der Waals surface area (Å²) in [5, 5.41) is 4.29. The summed E-state index contributed by atoms with van der Waals surface area (Å²) in [4.78, 5) is 21.2. The molecule has 1 N–H and O–H groups in total. The monoisotopic (exact) mass is 353 g/mol. The van der Waals surface area contributed by atoms with Crippen LogP contribution in [0, 0.1) is 18.8 Å². The van der Waals surface area contributed by atoms with Crippen molar-refractivity contribution in [2.24, 2.45) is 11.8 Å². The van der Waals surface area contributed by atoms with Crippen LogP contribution in [0.15, 0.2) is 12.1 Å². The Labute approximate surface area is 142 Å². The number of hydrogen-bond acceptors (Lipinski definition) is 5. The van der Waals surface area contributed by atoms with Crippen molar-refractivity contribution < 1.29 is 4.79 Å². The molecule has 0 saturated carbocycles. The molecule has 2 fully saturated rings. The van der Waals surface area contributed by atoms with Crippen LogP contribution in [0.25, 0.3) is 9.88 Å². The molecule has 22 heavy (non-hydrogen) atoms. The van der Waals surface area contributed by atoms with Gasteiger partial charge in [-0.3, -0.25) is 4.79 Å². The Kier molecular flexibility index (Phi) is 3.72. The van der Waals surface area contributed by atoms with Gasteiger partial charge >= 0.3 is 0 Å². The predicted octanol–water partition coefficient (Wildman–Crippen LogP) is 3.12. The van der Waals surface area contributed by atoms with Crippen molar-refractivity contribution in [3.05, 3.63) is 27.0 Å². The number of amides is 1. The molecule has 4 nitrogen and oxygen atoms in total. The number of nitrogens with one attached hydrogen (secondary N) is 1. The number of aryl methyl sites for hydroxylation is 1. The Morgan fingerprint density at radius 2 is 2.05 bits per heavy atom. The fourth-order valence-corrected chi connectivity index (χ4v) is 5.43. The normalized spacial score (nSPS) is 24.0. The number of rotatable bonds is 2. The summed E-state index contributed by atoms with van der Waals surface area (Å²) in [6.45, 7) is 5.73. The standard InChI is InChI=1S/C15H16ClN3OS2/c1-8-13(22-14(18-8)11-2-3-12(16)21-11)15(20)19-6-9-4-17-5-10(9)7-19/h2-3,9-10,17H,4-7H2,1H3/t9-,10+. The topological polar surface area (TPSA) is 45.2 Å². The van der Waals surface area contributed by atoms with E-state index < -0.39 is 0 Å². The number of likely N-dealkylation sites (tertiary alicyclic amines) is 1. The van der Waals surface area contributed by atoms with Gasteiger partial charge in [-0.25, -0.2) is 4.98 Å². The van der Waals surface area contributed by atoms with Gasteiger partial charge in [0.15, 0.2) is 0 Å². The molecule has 0 spiro atoms. The lowest BCUT2D eigenvalue weighted by atomic mass is 10.0. The fraction of sp³-hybridized carbons (Fsp3) is 0.467. The van der Waals surface area contributed by atoms with Gasteiger partial charge in [0.25, 0.3) is 5.91 Å². The lowest BCUT2D eigenvalue weighted by molar-refractivity contribution is 0.0785. The molecule has 0 bridgehead atoms.